The average Bonchev–Trinajstić information content (AvgIpc) is 2.31. The molecule has 3 N–H and O–H groups in total. The number of hydrogen-bond donors (Lipinski definition) is 2. The average molecular weight is 240 g/mol. The van der Waals surface area contributed by atoms with E-state index in [4.69, 9.17) is 10.5 Å². The summed E-state index contributed by atoms with van der Waals surface area (Å²) in [6.07, 6.45) is 1.84. The molecule has 0 bridgehead atoms. The first-order valence-electron chi connectivity index (χ1n) is 5.89. The second-order valence-electron chi connectivity index (χ2n) is 4.19. The molecule has 0 aliphatic carbocycles. The molecule has 3 nitrogen and oxygen atoms in total. The van der Waals surface area contributed by atoms with Gasteiger partial charge in [0.2, 0.25) is 0 Å². The van der Waals surface area contributed by atoms with Gasteiger partial charge >= 0.3 is 0 Å². The van der Waals surface area contributed by atoms with Crippen LogP contribution in [-0.4, -0.2) is 26.3 Å². The minimum Gasteiger partial charge on any atom is -0.383 e. The highest BCUT2D eigenvalue weighted by molar-refractivity contribution is 5.51. The summed E-state index contributed by atoms with van der Waals surface area (Å²) < 4.78 is 18.3. The summed E-state index contributed by atoms with van der Waals surface area (Å²) in [5, 5.41) is 3.30. The van der Waals surface area contributed by atoms with E-state index in [-0.39, 0.29) is 11.9 Å². The Labute approximate surface area is 102 Å². The molecule has 0 saturated heterocycles. The summed E-state index contributed by atoms with van der Waals surface area (Å²) in [4.78, 5) is 0. The molecular weight excluding hydrogens is 219 g/mol. The summed E-state index contributed by atoms with van der Waals surface area (Å²) in [6, 6.07) is 4.92. The first-order valence-corrected chi connectivity index (χ1v) is 5.89. The molecule has 17 heavy (non-hydrogen) atoms. The lowest BCUT2D eigenvalue weighted by atomic mass is 10.1. The topological polar surface area (TPSA) is 47.3 Å². The maximum Gasteiger partial charge on any atom is 0.125 e. The SMILES string of the molecule is COCC(CCCN)Nc1cc(F)ccc1C. The van der Waals surface area contributed by atoms with Gasteiger partial charge in [-0.1, -0.05) is 6.07 Å². The highest BCUT2D eigenvalue weighted by atomic mass is 19.1. The highest BCUT2D eigenvalue weighted by Gasteiger charge is 2.09. The van der Waals surface area contributed by atoms with E-state index in [0.29, 0.717) is 13.2 Å². The summed E-state index contributed by atoms with van der Waals surface area (Å²) in [5.41, 5.74) is 7.34. The number of rotatable bonds is 7. The standard InChI is InChI=1S/C13H21FN2O/c1-10-5-6-11(14)8-13(10)16-12(9-17-2)4-3-7-15/h5-6,8,12,16H,3-4,7,9,15H2,1-2H3. The predicted molar refractivity (Wildman–Crippen MR) is 68.7 cm³/mol. The summed E-state index contributed by atoms with van der Waals surface area (Å²) in [5.74, 6) is -0.229. The first kappa shape index (κ1) is 13.9. The molecule has 1 aromatic rings. The molecular formula is C13H21FN2O. The Morgan fingerprint density at radius 3 is 2.88 bits per heavy atom. The summed E-state index contributed by atoms with van der Waals surface area (Å²) in [6.45, 7) is 3.20. The van der Waals surface area contributed by atoms with Crippen LogP contribution in [-0.2, 0) is 4.74 Å². The van der Waals surface area contributed by atoms with Crippen molar-refractivity contribution >= 4 is 5.69 Å². The van der Waals surface area contributed by atoms with Crippen LogP contribution < -0.4 is 11.1 Å². The van der Waals surface area contributed by atoms with E-state index < -0.39 is 0 Å². The fraction of sp³-hybridized carbons (Fsp3) is 0.538. The fourth-order valence-corrected chi connectivity index (χ4v) is 1.73. The van der Waals surface area contributed by atoms with Crippen molar-refractivity contribution in [3.63, 3.8) is 0 Å². The van der Waals surface area contributed by atoms with Crippen molar-refractivity contribution in [3.05, 3.63) is 29.6 Å². The zero-order valence-corrected chi connectivity index (χ0v) is 10.5. The lowest BCUT2D eigenvalue weighted by molar-refractivity contribution is 0.182. The number of aryl methyl sites for hydroxylation is 1. The molecule has 0 heterocycles. The van der Waals surface area contributed by atoms with Gasteiger partial charge in [-0.25, -0.2) is 4.39 Å². The van der Waals surface area contributed by atoms with Gasteiger partial charge in [-0.3, -0.25) is 0 Å². The van der Waals surface area contributed by atoms with Crippen molar-refractivity contribution in [3.8, 4) is 0 Å². The van der Waals surface area contributed by atoms with Crippen LogP contribution in [0.3, 0.4) is 0 Å². The largest absolute Gasteiger partial charge is 0.383 e. The van der Waals surface area contributed by atoms with E-state index in [1.807, 2.05) is 6.92 Å². The molecule has 0 radical (unpaired) electrons. The number of ether oxygens (including phenoxy) is 1. The number of nitrogens with one attached hydrogen (secondary N) is 1. The van der Waals surface area contributed by atoms with Crippen LogP contribution in [0.5, 0.6) is 0 Å². The quantitative estimate of drug-likeness (QED) is 0.768. The zero-order valence-electron chi connectivity index (χ0n) is 10.5. The van der Waals surface area contributed by atoms with E-state index >= 15 is 0 Å². The van der Waals surface area contributed by atoms with Crippen molar-refractivity contribution in [2.45, 2.75) is 25.8 Å². The van der Waals surface area contributed by atoms with Crippen molar-refractivity contribution in [2.75, 3.05) is 25.6 Å². The number of methoxy groups -OCH3 is 1. The fourth-order valence-electron chi connectivity index (χ4n) is 1.73. The molecule has 1 aromatic carbocycles. The van der Waals surface area contributed by atoms with Crippen molar-refractivity contribution in [2.24, 2.45) is 5.73 Å². The molecule has 0 amide bonds. The monoisotopic (exact) mass is 240 g/mol. The summed E-state index contributed by atoms with van der Waals surface area (Å²) >= 11 is 0. The van der Waals surface area contributed by atoms with Crippen LogP contribution in [0.1, 0.15) is 18.4 Å². The second kappa shape index (κ2) is 7.25. The molecule has 1 rings (SSSR count). The first-order chi connectivity index (χ1) is 8.17. The van der Waals surface area contributed by atoms with Crippen LogP contribution in [0.25, 0.3) is 0 Å². The van der Waals surface area contributed by atoms with E-state index in [1.165, 1.54) is 12.1 Å². The van der Waals surface area contributed by atoms with E-state index in [9.17, 15) is 4.39 Å². The van der Waals surface area contributed by atoms with Crippen LogP contribution in [0.2, 0.25) is 0 Å². The smallest absolute Gasteiger partial charge is 0.125 e. The van der Waals surface area contributed by atoms with Gasteiger partial charge in [0.05, 0.1) is 6.61 Å². The number of halogens is 1. The third kappa shape index (κ3) is 4.71. The molecule has 0 aliphatic rings. The maximum absolute atomic E-state index is 13.1. The highest BCUT2D eigenvalue weighted by Crippen LogP contribution is 2.18. The van der Waals surface area contributed by atoms with Gasteiger partial charge in [0.25, 0.3) is 0 Å². The molecule has 1 atom stereocenters. The molecule has 96 valence electrons. The maximum atomic E-state index is 13.1. The Balaban J connectivity index is 2.67. The Morgan fingerprint density at radius 1 is 1.47 bits per heavy atom. The number of benzene rings is 1. The molecule has 1 unspecified atom stereocenters. The lowest BCUT2D eigenvalue weighted by Crippen LogP contribution is -2.26. The van der Waals surface area contributed by atoms with Gasteiger partial charge < -0.3 is 15.8 Å². The van der Waals surface area contributed by atoms with Gasteiger partial charge in [-0.05, 0) is 44.0 Å². The van der Waals surface area contributed by atoms with Crippen molar-refractivity contribution in [1.82, 2.24) is 0 Å². The normalized spacial score (nSPS) is 12.5. The van der Waals surface area contributed by atoms with E-state index in [0.717, 1.165) is 24.1 Å². The molecule has 0 fully saturated rings. The Kier molecular flexibility index (Phi) is 5.94. The minimum atomic E-state index is -0.229. The Morgan fingerprint density at radius 2 is 2.24 bits per heavy atom. The van der Waals surface area contributed by atoms with Gasteiger partial charge in [0.15, 0.2) is 0 Å². The van der Waals surface area contributed by atoms with Gasteiger partial charge in [0.1, 0.15) is 5.82 Å². The third-order valence-electron chi connectivity index (χ3n) is 2.68. The van der Waals surface area contributed by atoms with Gasteiger partial charge in [-0.2, -0.15) is 0 Å². The van der Waals surface area contributed by atoms with E-state index in [2.05, 4.69) is 5.32 Å². The molecule has 0 aliphatic heterocycles. The van der Waals surface area contributed by atoms with Crippen LogP contribution >= 0.6 is 0 Å². The molecule has 0 spiro atoms. The van der Waals surface area contributed by atoms with Gasteiger partial charge in [0, 0.05) is 18.8 Å². The van der Waals surface area contributed by atoms with Crippen LogP contribution in [0.15, 0.2) is 18.2 Å². The third-order valence-corrected chi connectivity index (χ3v) is 2.68. The summed E-state index contributed by atoms with van der Waals surface area (Å²) in [7, 11) is 1.66. The molecule has 4 heteroatoms. The Hall–Kier alpha value is -1.13. The lowest BCUT2D eigenvalue weighted by Gasteiger charge is -2.20. The van der Waals surface area contributed by atoms with Crippen LogP contribution in [0, 0.1) is 12.7 Å². The zero-order chi connectivity index (χ0) is 12.7. The molecule has 0 aromatic heterocycles. The van der Waals surface area contributed by atoms with Crippen molar-refractivity contribution in [1.29, 1.82) is 0 Å². The number of anilines is 1. The van der Waals surface area contributed by atoms with Crippen LogP contribution in [0.4, 0.5) is 10.1 Å². The van der Waals surface area contributed by atoms with Gasteiger partial charge in [-0.15, -0.1) is 0 Å². The number of nitrogens with two attached hydrogens (primary N) is 1. The molecule has 0 saturated carbocycles. The van der Waals surface area contributed by atoms with E-state index in [1.54, 1.807) is 13.2 Å². The minimum absolute atomic E-state index is 0.170. The Bertz CT molecular complexity index is 344. The predicted octanol–water partition coefficient (Wildman–Crippen LogP) is 2.30. The second-order valence-corrected chi connectivity index (χ2v) is 4.19. The van der Waals surface area contributed by atoms with Crippen molar-refractivity contribution < 1.29 is 9.13 Å². The number of hydrogen-bond acceptors (Lipinski definition) is 3.